The quantitative estimate of drug-likeness (QED) is 0.437. The van der Waals surface area contributed by atoms with Crippen molar-refractivity contribution in [3.8, 4) is 0 Å². The summed E-state index contributed by atoms with van der Waals surface area (Å²) in [6.07, 6.45) is 2.28. The summed E-state index contributed by atoms with van der Waals surface area (Å²) in [5.41, 5.74) is 1.50. The highest BCUT2D eigenvalue weighted by Gasteiger charge is 2.43. The summed E-state index contributed by atoms with van der Waals surface area (Å²) in [7, 11) is 0. The molecule has 1 aliphatic rings. The molecule has 32 heavy (non-hydrogen) atoms. The predicted octanol–water partition coefficient (Wildman–Crippen LogP) is 3.67. The van der Waals surface area contributed by atoms with E-state index in [0.29, 0.717) is 23.1 Å². The molecular formula is C24H22FN3O3S. The lowest BCUT2D eigenvalue weighted by atomic mass is 10.1. The number of carbonyl (C=O) groups is 2. The van der Waals surface area contributed by atoms with Gasteiger partial charge in [-0.25, -0.2) is 9.29 Å². The molecule has 1 aromatic heterocycles. The Hall–Kier alpha value is -3.52. The lowest BCUT2D eigenvalue weighted by Crippen LogP contribution is -2.49. The first-order valence-electron chi connectivity index (χ1n) is 10.3. The van der Waals surface area contributed by atoms with Crippen molar-refractivity contribution in [3.05, 3.63) is 90.1 Å². The molecule has 1 fully saturated rings. The largest absolute Gasteiger partial charge is 0.467 e. The Labute approximate surface area is 190 Å². The van der Waals surface area contributed by atoms with E-state index in [1.54, 1.807) is 23.3 Å². The fourth-order valence-corrected chi connectivity index (χ4v) is 3.97. The van der Waals surface area contributed by atoms with Gasteiger partial charge in [-0.05, 0) is 60.6 Å². The Morgan fingerprint density at radius 2 is 1.84 bits per heavy atom. The minimum atomic E-state index is -0.783. The van der Waals surface area contributed by atoms with Crippen molar-refractivity contribution in [3.63, 3.8) is 0 Å². The number of nitrogens with one attached hydrogen (secondary N) is 1. The summed E-state index contributed by atoms with van der Waals surface area (Å²) in [6.45, 7) is 0.819. The second kappa shape index (κ2) is 9.74. The summed E-state index contributed by atoms with van der Waals surface area (Å²) in [5.74, 6) is -0.575. The number of imide groups is 1. The van der Waals surface area contributed by atoms with Crippen LogP contribution in [-0.4, -0.2) is 34.4 Å². The molecule has 0 aliphatic carbocycles. The van der Waals surface area contributed by atoms with Crippen molar-refractivity contribution in [1.82, 2.24) is 10.2 Å². The fourth-order valence-electron chi connectivity index (χ4n) is 3.67. The Morgan fingerprint density at radius 1 is 1.09 bits per heavy atom. The molecule has 2 heterocycles. The van der Waals surface area contributed by atoms with Crippen LogP contribution in [0.4, 0.5) is 10.1 Å². The van der Waals surface area contributed by atoms with E-state index >= 15 is 0 Å². The zero-order chi connectivity index (χ0) is 22.5. The van der Waals surface area contributed by atoms with Gasteiger partial charge in [0.25, 0.3) is 5.91 Å². The van der Waals surface area contributed by atoms with Gasteiger partial charge in [-0.2, -0.15) is 0 Å². The first-order valence-corrected chi connectivity index (χ1v) is 10.7. The van der Waals surface area contributed by atoms with E-state index in [1.165, 1.54) is 24.3 Å². The van der Waals surface area contributed by atoms with Gasteiger partial charge < -0.3 is 14.6 Å². The van der Waals surface area contributed by atoms with Crippen LogP contribution in [0.2, 0.25) is 0 Å². The van der Waals surface area contributed by atoms with E-state index in [9.17, 15) is 14.0 Å². The van der Waals surface area contributed by atoms with E-state index < -0.39 is 17.8 Å². The lowest BCUT2D eigenvalue weighted by Gasteiger charge is -2.29. The van der Waals surface area contributed by atoms with Crippen LogP contribution in [0.25, 0.3) is 0 Å². The van der Waals surface area contributed by atoms with Crippen molar-refractivity contribution in [1.29, 1.82) is 0 Å². The number of nitrogens with zero attached hydrogens (tertiary/aromatic N) is 2. The molecule has 2 amide bonds. The van der Waals surface area contributed by atoms with Gasteiger partial charge in [0.2, 0.25) is 5.91 Å². The molecule has 1 saturated heterocycles. The average molecular weight is 452 g/mol. The number of amides is 2. The zero-order valence-corrected chi connectivity index (χ0v) is 18.1. The molecule has 6 nitrogen and oxygen atoms in total. The third-order valence-corrected chi connectivity index (χ3v) is 5.66. The highest BCUT2D eigenvalue weighted by molar-refractivity contribution is 7.80. The minimum absolute atomic E-state index is 0.0303. The second-order valence-electron chi connectivity index (χ2n) is 7.44. The number of hydrogen-bond acceptors (Lipinski definition) is 4. The van der Waals surface area contributed by atoms with Crippen molar-refractivity contribution in [2.24, 2.45) is 0 Å². The number of carbonyl (C=O) groups excluding carboxylic acids is 2. The molecule has 0 radical (unpaired) electrons. The monoisotopic (exact) mass is 451 g/mol. The molecule has 0 unspecified atom stereocenters. The highest BCUT2D eigenvalue weighted by Crippen LogP contribution is 2.27. The van der Waals surface area contributed by atoms with E-state index in [0.717, 1.165) is 16.9 Å². The van der Waals surface area contributed by atoms with Crippen molar-refractivity contribution in [2.45, 2.75) is 25.4 Å². The Morgan fingerprint density at radius 3 is 2.53 bits per heavy atom. The Kier molecular flexibility index (Phi) is 6.61. The van der Waals surface area contributed by atoms with Gasteiger partial charge in [0.05, 0.1) is 24.9 Å². The first kappa shape index (κ1) is 21.7. The van der Waals surface area contributed by atoms with E-state index in [4.69, 9.17) is 16.6 Å². The molecule has 3 aromatic rings. The lowest BCUT2D eigenvalue weighted by molar-refractivity contribution is -0.122. The van der Waals surface area contributed by atoms with Crippen LogP contribution < -0.4 is 10.2 Å². The third-order valence-electron chi connectivity index (χ3n) is 5.28. The van der Waals surface area contributed by atoms with Crippen LogP contribution in [0, 0.1) is 5.82 Å². The van der Waals surface area contributed by atoms with Gasteiger partial charge in [-0.15, -0.1) is 0 Å². The van der Waals surface area contributed by atoms with Crippen LogP contribution in [0.3, 0.4) is 0 Å². The zero-order valence-electron chi connectivity index (χ0n) is 17.2. The van der Waals surface area contributed by atoms with Gasteiger partial charge in [0.15, 0.2) is 5.11 Å². The molecule has 1 N–H and O–H groups in total. The average Bonchev–Trinajstić information content (AvgIpc) is 3.41. The number of anilines is 1. The molecule has 0 bridgehead atoms. The molecule has 0 saturated carbocycles. The predicted molar refractivity (Wildman–Crippen MR) is 122 cm³/mol. The molecular weight excluding hydrogens is 429 g/mol. The van der Waals surface area contributed by atoms with Crippen molar-refractivity contribution in [2.75, 3.05) is 11.4 Å². The Bertz CT molecular complexity index is 1090. The van der Waals surface area contributed by atoms with Crippen LogP contribution in [-0.2, 0) is 22.6 Å². The van der Waals surface area contributed by atoms with Crippen LogP contribution in [0.1, 0.15) is 17.7 Å². The van der Waals surface area contributed by atoms with Crippen LogP contribution >= 0.6 is 12.2 Å². The second-order valence-corrected chi connectivity index (χ2v) is 7.83. The number of halogens is 1. The maximum absolute atomic E-state index is 13.3. The number of benzene rings is 2. The van der Waals surface area contributed by atoms with Crippen molar-refractivity contribution < 1.29 is 18.4 Å². The normalized spacial score (nSPS) is 15.8. The number of hydrogen-bond donors (Lipinski definition) is 1. The maximum atomic E-state index is 13.3. The summed E-state index contributed by atoms with van der Waals surface area (Å²) in [6, 6.07) is 18.0. The van der Waals surface area contributed by atoms with Gasteiger partial charge in [-0.3, -0.25) is 9.59 Å². The van der Waals surface area contributed by atoms with Crippen molar-refractivity contribution >= 4 is 34.8 Å². The molecule has 8 heteroatoms. The highest BCUT2D eigenvalue weighted by atomic mass is 32.1. The van der Waals surface area contributed by atoms with Gasteiger partial charge >= 0.3 is 0 Å². The number of rotatable bonds is 7. The molecule has 1 atom stereocenters. The fraction of sp³-hybridized carbons (Fsp3) is 0.208. The van der Waals surface area contributed by atoms with Crippen LogP contribution in [0.15, 0.2) is 77.4 Å². The summed E-state index contributed by atoms with van der Waals surface area (Å²) >= 11 is 5.61. The van der Waals surface area contributed by atoms with Crippen LogP contribution in [0.5, 0.6) is 0 Å². The van der Waals surface area contributed by atoms with Gasteiger partial charge in [0, 0.05) is 6.54 Å². The summed E-state index contributed by atoms with van der Waals surface area (Å²) < 4.78 is 18.8. The number of thiocarbonyl (C=S) groups is 1. The minimum Gasteiger partial charge on any atom is -0.467 e. The molecule has 164 valence electrons. The smallest absolute Gasteiger partial charge is 0.257 e. The number of furan rings is 1. The summed E-state index contributed by atoms with van der Waals surface area (Å²) in [4.78, 5) is 28.7. The maximum Gasteiger partial charge on any atom is 0.257 e. The van der Waals surface area contributed by atoms with E-state index in [1.807, 2.05) is 30.3 Å². The third kappa shape index (κ3) is 4.86. The first-order chi connectivity index (χ1) is 15.5. The van der Waals surface area contributed by atoms with Gasteiger partial charge in [0.1, 0.15) is 17.6 Å². The molecule has 2 aromatic carbocycles. The standard InChI is InChI=1S/C24H22FN3O3S/c25-18-8-10-19(11-9-18)28-22(29)15-21(23(28)30)27(16-20-7-4-14-31-20)24(32)26-13-12-17-5-2-1-3-6-17/h1-11,14,21H,12-13,15-16H2,(H,26,32)/t21-/m1/s1. The molecule has 4 rings (SSSR count). The molecule has 0 spiro atoms. The Balaban J connectivity index is 1.50. The van der Waals surface area contributed by atoms with E-state index in [2.05, 4.69) is 5.32 Å². The SMILES string of the molecule is O=C1C[C@@H](N(Cc2ccco2)C(=S)NCCc2ccccc2)C(=O)N1c1ccc(F)cc1. The topological polar surface area (TPSA) is 65.8 Å². The molecule has 1 aliphatic heterocycles. The summed E-state index contributed by atoms with van der Waals surface area (Å²) in [5, 5.41) is 3.57. The van der Waals surface area contributed by atoms with Gasteiger partial charge in [-0.1, -0.05) is 30.3 Å². The van der Waals surface area contributed by atoms with E-state index in [-0.39, 0.29) is 18.9 Å².